The van der Waals surface area contributed by atoms with Gasteiger partial charge in [0.2, 0.25) is 6.41 Å². The number of furan rings is 1. The average Bonchev–Trinajstić information content (AvgIpc) is 2.82. The van der Waals surface area contributed by atoms with E-state index in [0.717, 1.165) is 42.8 Å². The molecule has 1 saturated heterocycles. The van der Waals surface area contributed by atoms with E-state index in [4.69, 9.17) is 4.42 Å². The third-order valence-corrected chi connectivity index (χ3v) is 3.19. The van der Waals surface area contributed by atoms with Gasteiger partial charge in [-0.3, -0.25) is 4.79 Å². The Hall–Kier alpha value is -1.81. The number of carbonyl (C=O) groups is 1. The molecule has 17 heavy (non-hydrogen) atoms. The second-order valence-electron chi connectivity index (χ2n) is 4.25. The van der Waals surface area contributed by atoms with Gasteiger partial charge in [-0.2, -0.15) is 0 Å². The van der Waals surface area contributed by atoms with Gasteiger partial charge in [0.05, 0.1) is 0 Å². The maximum Gasteiger partial charge on any atom is 0.210 e. The Balaban J connectivity index is 1.98. The maximum absolute atomic E-state index is 11.0. The Bertz CT molecular complexity index is 502. The van der Waals surface area contributed by atoms with Crippen LogP contribution in [-0.4, -0.2) is 30.9 Å². The van der Waals surface area contributed by atoms with Gasteiger partial charge in [0, 0.05) is 25.0 Å². The second kappa shape index (κ2) is 4.22. The molecule has 0 spiro atoms. The fraction of sp³-hybridized carbons (Fsp3) is 0.308. The SMILES string of the molecule is O=CN1CCNCC1c1cc2ccccc2o1. The number of nitrogens with zero attached hydrogens (tertiary/aromatic N) is 1. The molecule has 1 N–H and O–H groups in total. The van der Waals surface area contributed by atoms with Crippen LogP contribution in [-0.2, 0) is 4.79 Å². The molecule has 4 heteroatoms. The zero-order chi connectivity index (χ0) is 11.7. The Morgan fingerprint density at radius 2 is 2.29 bits per heavy atom. The molecule has 1 unspecified atom stereocenters. The van der Waals surface area contributed by atoms with E-state index in [9.17, 15) is 4.79 Å². The highest BCUT2D eigenvalue weighted by Gasteiger charge is 2.25. The molecular formula is C13H14N2O2. The molecule has 0 bridgehead atoms. The molecule has 1 aromatic heterocycles. The molecule has 1 aromatic carbocycles. The van der Waals surface area contributed by atoms with Crippen LogP contribution in [0.3, 0.4) is 0 Å². The van der Waals surface area contributed by atoms with Gasteiger partial charge in [0.1, 0.15) is 17.4 Å². The van der Waals surface area contributed by atoms with Gasteiger partial charge in [0.25, 0.3) is 0 Å². The van der Waals surface area contributed by atoms with Gasteiger partial charge in [-0.05, 0) is 12.1 Å². The monoisotopic (exact) mass is 230 g/mol. The number of para-hydroxylation sites is 1. The van der Waals surface area contributed by atoms with Crippen LogP contribution < -0.4 is 5.32 Å². The summed E-state index contributed by atoms with van der Waals surface area (Å²) in [5, 5.41) is 4.36. The van der Waals surface area contributed by atoms with Crippen LogP contribution >= 0.6 is 0 Å². The van der Waals surface area contributed by atoms with Crippen molar-refractivity contribution in [3.8, 4) is 0 Å². The van der Waals surface area contributed by atoms with E-state index in [1.807, 2.05) is 30.3 Å². The Morgan fingerprint density at radius 3 is 3.12 bits per heavy atom. The highest BCUT2D eigenvalue weighted by molar-refractivity contribution is 5.77. The zero-order valence-corrected chi connectivity index (χ0v) is 9.43. The second-order valence-corrected chi connectivity index (χ2v) is 4.25. The predicted octanol–water partition coefficient (Wildman–Crippen LogP) is 1.54. The van der Waals surface area contributed by atoms with E-state index in [0.29, 0.717) is 0 Å². The van der Waals surface area contributed by atoms with Crippen LogP contribution in [0, 0.1) is 0 Å². The molecule has 2 aromatic rings. The number of amides is 1. The van der Waals surface area contributed by atoms with Gasteiger partial charge >= 0.3 is 0 Å². The van der Waals surface area contributed by atoms with E-state index in [1.165, 1.54) is 0 Å². The number of benzene rings is 1. The highest BCUT2D eigenvalue weighted by Crippen LogP contribution is 2.27. The summed E-state index contributed by atoms with van der Waals surface area (Å²) in [6, 6.07) is 9.92. The summed E-state index contributed by atoms with van der Waals surface area (Å²) < 4.78 is 5.80. The number of carbonyl (C=O) groups excluding carboxylic acids is 1. The van der Waals surface area contributed by atoms with E-state index in [2.05, 4.69) is 5.32 Å². The minimum absolute atomic E-state index is 0.00801. The molecule has 1 fully saturated rings. The standard InChI is InChI=1S/C13H14N2O2/c16-9-15-6-5-14-8-11(15)13-7-10-3-1-2-4-12(10)17-13/h1-4,7,9,11,14H,5-6,8H2. The van der Waals surface area contributed by atoms with E-state index in [-0.39, 0.29) is 6.04 Å². The van der Waals surface area contributed by atoms with Crippen LogP contribution in [0.1, 0.15) is 11.8 Å². The van der Waals surface area contributed by atoms with Crippen molar-refractivity contribution in [2.75, 3.05) is 19.6 Å². The number of rotatable bonds is 2. The molecule has 1 amide bonds. The van der Waals surface area contributed by atoms with Crippen molar-refractivity contribution in [2.24, 2.45) is 0 Å². The first-order valence-electron chi connectivity index (χ1n) is 5.79. The Kier molecular flexibility index (Phi) is 2.57. The highest BCUT2D eigenvalue weighted by atomic mass is 16.3. The van der Waals surface area contributed by atoms with Crippen molar-refractivity contribution in [2.45, 2.75) is 6.04 Å². The van der Waals surface area contributed by atoms with Crippen LogP contribution in [0.2, 0.25) is 0 Å². The lowest BCUT2D eigenvalue weighted by Crippen LogP contribution is -2.45. The van der Waals surface area contributed by atoms with E-state index >= 15 is 0 Å². The summed E-state index contributed by atoms with van der Waals surface area (Å²) in [7, 11) is 0. The van der Waals surface area contributed by atoms with Crippen LogP contribution in [0.4, 0.5) is 0 Å². The van der Waals surface area contributed by atoms with Crippen LogP contribution in [0.25, 0.3) is 11.0 Å². The smallest absolute Gasteiger partial charge is 0.210 e. The fourth-order valence-corrected chi connectivity index (χ4v) is 2.28. The molecule has 0 aliphatic carbocycles. The molecule has 88 valence electrons. The molecule has 0 saturated carbocycles. The number of nitrogens with one attached hydrogen (secondary N) is 1. The lowest BCUT2D eigenvalue weighted by Gasteiger charge is -2.31. The molecule has 0 radical (unpaired) electrons. The maximum atomic E-state index is 11.0. The van der Waals surface area contributed by atoms with Crippen molar-refractivity contribution in [1.29, 1.82) is 0 Å². The third kappa shape index (κ3) is 1.80. The van der Waals surface area contributed by atoms with E-state index in [1.54, 1.807) is 4.90 Å². The first-order valence-corrected chi connectivity index (χ1v) is 5.79. The van der Waals surface area contributed by atoms with Gasteiger partial charge in [-0.15, -0.1) is 0 Å². The van der Waals surface area contributed by atoms with Crippen molar-refractivity contribution >= 4 is 17.4 Å². The zero-order valence-electron chi connectivity index (χ0n) is 9.43. The largest absolute Gasteiger partial charge is 0.459 e. The lowest BCUT2D eigenvalue weighted by atomic mass is 10.1. The number of hydrogen-bond acceptors (Lipinski definition) is 3. The van der Waals surface area contributed by atoms with Gasteiger partial charge in [0.15, 0.2) is 0 Å². The summed E-state index contributed by atoms with van der Waals surface area (Å²) >= 11 is 0. The van der Waals surface area contributed by atoms with Crippen molar-refractivity contribution < 1.29 is 9.21 Å². The van der Waals surface area contributed by atoms with E-state index < -0.39 is 0 Å². The number of fused-ring (bicyclic) bond motifs is 1. The van der Waals surface area contributed by atoms with Crippen LogP contribution in [0.5, 0.6) is 0 Å². The molecule has 1 atom stereocenters. The van der Waals surface area contributed by atoms with Crippen molar-refractivity contribution in [3.05, 3.63) is 36.1 Å². The molecule has 1 aliphatic rings. The topological polar surface area (TPSA) is 45.5 Å². The van der Waals surface area contributed by atoms with Gasteiger partial charge in [-0.25, -0.2) is 0 Å². The molecular weight excluding hydrogens is 216 g/mol. The fourth-order valence-electron chi connectivity index (χ4n) is 2.28. The minimum Gasteiger partial charge on any atom is -0.459 e. The molecule has 1 aliphatic heterocycles. The van der Waals surface area contributed by atoms with Crippen LogP contribution in [0.15, 0.2) is 34.7 Å². The number of hydrogen-bond donors (Lipinski definition) is 1. The molecule has 2 heterocycles. The first-order chi connectivity index (χ1) is 8.38. The summed E-state index contributed by atoms with van der Waals surface area (Å²) in [4.78, 5) is 12.8. The van der Waals surface area contributed by atoms with Crippen molar-refractivity contribution in [1.82, 2.24) is 10.2 Å². The van der Waals surface area contributed by atoms with Gasteiger partial charge < -0.3 is 14.6 Å². The quantitative estimate of drug-likeness (QED) is 0.796. The van der Waals surface area contributed by atoms with Crippen molar-refractivity contribution in [3.63, 3.8) is 0 Å². The third-order valence-electron chi connectivity index (χ3n) is 3.19. The normalized spacial score (nSPS) is 20.7. The average molecular weight is 230 g/mol. The number of piperazine rings is 1. The Labute approximate surface area is 99.2 Å². The minimum atomic E-state index is 0.00801. The molecule has 4 nitrogen and oxygen atoms in total. The summed E-state index contributed by atoms with van der Waals surface area (Å²) in [6.07, 6.45) is 0.901. The lowest BCUT2D eigenvalue weighted by molar-refractivity contribution is -0.121. The first kappa shape index (κ1) is 10.4. The predicted molar refractivity (Wildman–Crippen MR) is 64.6 cm³/mol. The summed E-state index contributed by atoms with van der Waals surface area (Å²) in [5.41, 5.74) is 0.874. The Morgan fingerprint density at radius 1 is 1.41 bits per heavy atom. The summed E-state index contributed by atoms with van der Waals surface area (Å²) in [6.45, 7) is 2.32. The molecule has 3 rings (SSSR count). The van der Waals surface area contributed by atoms with Gasteiger partial charge in [-0.1, -0.05) is 18.2 Å². The summed E-state index contributed by atoms with van der Waals surface area (Å²) in [5.74, 6) is 0.852.